The van der Waals surface area contributed by atoms with Crippen LogP contribution >= 0.6 is 0 Å². The summed E-state index contributed by atoms with van der Waals surface area (Å²) in [5.74, 6) is -0.349. The summed E-state index contributed by atoms with van der Waals surface area (Å²) in [5, 5.41) is 2.39. The maximum absolute atomic E-state index is 13.5. The van der Waals surface area contributed by atoms with Crippen molar-refractivity contribution in [3.63, 3.8) is 0 Å². The molecule has 0 aromatic heterocycles. The number of esters is 1. The minimum absolute atomic E-state index is 0.00735. The van der Waals surface area contributed by atoms with Crippen molar-refractivity contribution in [3.05, 3.63) is 29.3 Å². The van der Waals surface area contributed by atoms with E-state index in [-0.39, 0.29) is 24.4 Å². The van der Waals surface area contributed by atoms with Gasteiger partial charge in [0.15, 0.2) is 0 Å². The molecule has 1 rings (SSSR count). The van der Waals surface area contributed by atoms with Crippen LogP contribution in [-0.4, -0.2) is 19.1 Å². The molecule has 0 saturated heterocycles. The van der Waals surface area contributed by atoms with Gasteiger partial charge in [-0.1, -0.05) is 5.92 Å². The van der Waals surface area contributed by atoms with Gasteiger partial charge in [0.25, 0.3) is 0 Å². The van der Waals surface area contributed by atoms with Gasteiger partial charge in [-0.25, -0.2) is 13.6 Å². The number of halogens is 2. The van der Waals surface area contributed by atoms with Crippen molar-refractivity contribution in [2.24, 2.45) is 0 Å². The Balaban J connectivity index is 3.01. The lowest BCUT2D eigenvalue weighted by atomic mass is 10.2. The smallest absolute Gasteiger partial charge is 0.338 e. The number of anilines is 1. The molecule has 0 fully saturated rings. The second-order valence-electron chi connectivity index (χ2n) is 3.09. The second kappa shape index (κ2) is 5.85. The van der Waals surface area contributed by atoms with Crippen LogP contribution in [0.3, 0.4) is 0 Å². The third-order valence-corrected chi connectivity index (χ3v) is 1.92. The summed E-state index contributed by atoms with van der Waals surface area (Å²) in [6.07, 6.45) is 4.96. The molecule has 0 aliphatic carbocycles. The predicted octanol–water partition coefficient (Wildman–Crippen LogP) is 2.19. The summed E-state index contributed by atoms with van der Waals surface area (Å²) in [6.45, 7) is 1.74. The van der Waals surface area contributed by atoms with Crippen LogP contribution in [0.4, 0.5) is 14.5 Å². The largest absolute Gasteiger partial charge is 0.462 e. The molecule has 1 N–H and O–H groups in total. The zero-order valence-corrected chi connectivity index (χ0v) is 9.22. The number of nitrogens with one attached hydrogen (secondary N) is 1. The van der Waals surface area contributed by atoms with Crippen LogP contribution in [0, 0.1) is 24.0 Å². The highest BCUT2D eigenvalue weighted by Gasteiger charge is 2.15. The molecule has 0 saturated carbocycles. The third-order valence-electron chi connectivity index (χ3n) is 1.92. The Labute approximate surface area is 97.8 Å². The average Bonchev–Trinajstić information content (AvgIpc) is 2.28. The minimum atomic E-state index is -0.886. The van der Waals surface area contributed by atoms with E-state index in [9.17, 15) is 13.6 Å². The van der Waals surface area contributed by atoms with Crippen molar-refractivity contribution >= 4 is 11.7 Å². The molecule has 0 spiro atoms. The van der Waals surface area contributed by atoms with Gasteiger partial charge in [0, 0.05) is 0 Å². The molecule has 5 heteroatoms. The molecule has 0 aliphatic rings. The van der Waals surface area contributed by atoms with Crippen molar-refractivity contribution in [1.29, 1.82) is 0 Å². The molecule has 0 bridgehead atoms. The Kier molecular flexibility index (Phi) is 4.46. The first-order valence-electron chi connectivity index (χ1n) is 4.93. The highest BCUT2D eigenvalue weighted by molar-refractivity contribution is 5.90. The molecule has 0 atom stereocenters. The minimum Gasteiger partial charge on any atom is -0.462 e. The predicted molar refractivity (Wildman–Crippen MR) is 59.6 cm³/mol. The molecule has 0 aliphatic heterocycles. The van der Waals surface area contributed by atoms with Crippen LogP contribution in [-0.2, 0) is 4.74 Å². The number of benzene rings is 1. The lowest BCUT2D eigenvalue weighted by Gasteiger charge is -2.08. The lowest BCUT2D eigenvalue weighted by molar-refractivity contribution is 0.0525. The number of rotatable bonds is 4. The van der Waals surface area contributed by atoms with Crippen LogP contribution in [0.15, 0.2) is 12.1 Å². The normalized spacial score (nSPS) is 9.53. The fourth-order valence-electron chi connectivity index (χ4n) is 1.21. The van der Waals surface area contributed by atoms with E-state index in [1.54, 1.807) is 6.92 Å². The van der Waals surface area contributed by atoms with E-state index in [0.29, 0.717) is 0 Å². The van der Waals surface area contributed by atoms with Gasteiger partial charge in [0.1, 0.15) is 17.3 Å². The highest BCUT2D eigenvalue weighted by atomic mass is 19.1. The van der Waals surface area contributed by atoms with E-state index in [1.807, 2.05) is 0 Å². The fourth-order valence-corrected chi connectivity index (χ4v) is 1.21. The molecule has 0 amide bonds. The Morgan fingerprint density at radius 1 is 1.47 bits per heavy atom. The average molecular weight is 239 g/mol. The number of hydrogen-bond donors (Lipinski definition) is 1. The summed E-state index contributed by atoms with van der Waals surface area (Å²) in [7, 11) is 0. The molecule has 0 heterocycles. The van der Waals surface area contributed by atoms with Crippen LogP contribution < -0.4 is 5.32 Å². The Bertz CT molecular complexity index is 443. The fraction of sp³-hybridized carbons (Fsp3) is 0.250. The Hall–Kier alpha value is -2.09. The van der Waals surface area contributed by atoms with Gasteiger partial charge in [-0.15, -0.1) is 6.42 Å². The molecule has 3 nitrogen and oxygen atoms in total. The monoisotopic (exact) mass is 239 g/mol. The van der Waals surface area contributed by atoms with Crippen molar-refractivity contribution in [2.45, 2.75) is 6.92 Å². The van der Waals surface area contributed by atoms with Gasteiger partial charge in [-0.3, -0.25) is 0 Å². The molecular weight excluding hydrogens is 228 g/mol. The third kappa shape index (κ3) is 3.18. The van der Waals surface area contributed by atoms with Gasteiger partial charge >= 0.3 is 5.97 Å². The zero-order valence-electron chi connectivity index (χ0n) is 9.22. The van der Waals surface area contributed by atoms with Crippen LogP contribution in [0.1, 0.15) is 17.3 Å². The first-order valence-corrected chi connectivity index (χ1v) is 4.93. The molecule has 1 aromatic carbocycles. The van der Waals surface area contributed by atoms with Crippen molar-refractivity contribution in [2.75, 3.05) is 18.5 Å². The van der Waals surface area contributed by atoms with Crippen molar-refractivity contribution in [3.8, 4) is 12.3 Å². The van der Waals surface area contributed by atoms with Crippen LogP contribution in [0.2, 0.25) is 0 Å². The summed E-state index contributed by atoms with van der Waals surface area (Å²) >= 11 is 0. The number of carbonyl (C=O) groups excluding carboxylic acids is 1. The van der Waals surface area contributed by atoms with E-state index in [4.69, 9.17) is 6.42 Å². The number of hydrogen-bond acceptors (Lipinski definition) is 3. The Morgan fingerprint density at radius 3 is 2.53 bits per heavy atom. The van der Waals surface area contributed by atoms with Gasteiger partial charge < -0.3 is 10.1 Å². The molecule has 0 unspecified atom stereocenters. The number of carbonyl (C=O) groups is 1. The van der Waals surface area contributed by atoms with Gasteiger partial charge in [0.05, 0.1) is 18.7 Å². The second-order valence-corrected chi connectivity index (χ2v) is 3.09. The maximum Gasteiger partial charge on any atom is 0.338 e. The topological polar surface area (TPSA) is 38.3 Å². The van der Waals surface area contributed by atoms with E-state index in [2.05, 4.69) is 16.0 Å². The Morgan fingerprint density at radius 2 is 2.06 bits per heavy atom. The summed E-state index contributed by atoms with van der Waals surface area (Å²) < 4.78 is 31.5. The molecular formula is C12H11F2NO2. The van der Waals surface area contributed by atoms with E-state index >= 15 is 0 Å². The first kappa shape index (κ1) is 13.0. The summed E-state index contributed by atoms with van der Waals surface area (Å²) in [6, 6.07) is 1.81. The standard InChI is InChI=1S/C12H11F2NO2/c1-3-5-15-11-9(13)6-8(7-10(11)14)12(16)17-4-2/h1,6-7,15H,4-5H2,2H3. The summed E-state index contributed by atoms with van der Waals surface area (Å²) in [5.41, 5.74) is -0.524. The number of ether oxygens (including phenoxy) is 1. The van der Waals surface area contributed by atoms with Crippen LogP contribution in [0.25, 0.3) is 0 Å². The van der Waals surface area contributed by atoms with Gasteiger partial charge in [0.2, 0.25) is 0 Å². The van der Waals surface area contributed by atoms with Crippen molar-refractivity contribution in [1.82, 2.24) is 0 Å². The first-order chi connectivity index (χ1) is 8.10. The SMILES string of the molecule is C#CCNc1c(F)cc(C(=O)OCC)cc1F. The highest BCUT2D eigenvalue weighted by Crippen LogP contribution is 2.21. The maximum atomic E-state index is 13.5. The van der Waals surface area contributed by atoms with E-state index in [1.165, 1.54) is 0 Å². The van der Waals surface area contributed by atoms with E-state index < -0.39 is 17.6 Å². The molecule has 90 valence electrons. The van der Waals surface area contributed by atoms with E-state index in [0.717, 1.165) is 12.1 Å². The molecule has 17 heavy (non-hydrogen) atoms. The van der Waals surface area contributed by atoms with Gasteiger partial charge in [-0.2, -0.15) is 0 Å². The zero-order chi connectivity index (χ0) is 12.8. The van der Waals surface area contributed by atoms with Crippen LogP contribution in [0.5, 0.6) is 0 Å². The molecule has 1 aromatic rings. The van der Waals surface area contributed by atoms with Crippen molar-refractivity contribution < 1.29 is 18.3 Å². The quantitative estimate of drug-likeness (QED) is 0.646. The van der Waals surface area contributed by atoms with Gasteiger partial charge in [-0.05, 0) is 19.1 Å². The lowest BCUT2D eigenvalue weighted by Crippen LogP contribution is -2.09. The molecule has 0 radical (unpaired) electrons. The summed E-state index contributed by atoms with van der Waals surface area (Å²) in [4.78, 5) is 11.3. The number of terminal acetylenes is 1.